The summed E-state index contributed by atoms with van der Waals surface area (Å²) in [6.45, 7) is 4.78. The Labute approximate surface area is 182 Å². The number of piperidine rings is 1. The average Bonchev–Trinajstić information content (AvgIpc) is 3.11. The smallest absolute Gasteiger partial charge is 0.220 e. The van der Waals surface area contributed by atoms with Crippen molar-refractivity contribution in [3.8, 4) is 0 Å². The Bertz CT molecular complexity index is 1210. The second-order valence-electron chi connectivity index (χ2n) is 8.41. The van der Waals surface area contributed by atoms with E-state index < -0.39 is 0 Å². The third-order valence-corrected chi connectivity index (χ3v) is 6.24. The molecule has 1 amide bonds. The van der Waals surface area contributed by atoms with Crippen molar-refractivity contribution in [2.75, 3.05) is 26.2 Å². The van der Waals surface area contributed by atoms with E-state index in [0.29, 0.717) is 6.42 Å². The van der Waals surface area contributed by atoms with E-state index in [-0.39, 0.29) is 5.91 Å². The van der Waals surface area contributed by atoms with Crippen LogP contribution in [0.25, 0.3) is 33.1 Å². The molecular formula is C25H29N5O. The number of aryl methyl sites for hydroxylation is 1. The normalized spacial score (nSPS) is 15.1. The molecule has 4 aromatic rings. The SMILES string of the molecule is O=C(CCCn1c2ccccc2c2nc3ccccc3nc21)NCCN1CCCCC1. The van der Waals surface area contributed by atoms with Crippen LogP contribution in [-0.4, -0.2) is 51.5 Å². The zero-order valence-corrected chi connectivity index (χ0v) is 17.9. The van der Waals surface area contributed by atoms with Crippen LogP contribution in [0.2, 0.25) is 0 Å². The number of hydrogen-bond acceptors (Lipinski definition) is 4. The monoisotopic (exact) mass is 415 g/mol. The second kappa shape index (κ2) is 9.02. The minimum atomic E-state index is 0.134. The number of nitrogens with one attached hydrogen (secondary N) is 1. The van der Waals surface area contributed by atoms with Gasteiger partial charge in [0.2, 0.25) is 5.91 Å². The topological polar surface area (TPSA) is 63.1 Å². The molecular weight excluding hydrogens is 386 g/mol. The Balaban J connectivity index is 1.27. The molecule has 1 saturated heterocycles. The van der Waals surface area contributed by atoms with Crippen LogP contribution >= 0.6 is 0 Å². The zero-order chi connectivity index (χ0) is 21.0. The van der Waals surface area contributed by atoms with Crippen LogP contribution in [0.5, 0.6) is 0 Å². The van der Waals surface area contributed by atoms with Gasteiger partial charge in [-0.05, 0) is 50.6 Å². The standard InChI is InChI=1S/C25H29N5O/c31-23(26-14-18-29-15-6-1-7-16-29)13-8-17-30-22-12-5-2-9-19(22)24-25(30)28-21-11-4-3-10-20(21)27-24/h2-5,9-12H,1,6-8,13-18H2,(H,26,31). The number of aromatic nitrogens is 3. The first-order chi connectivity index (χ1) is 15.3. The minimum Gasteiger partial charge on any atom is -0.355 e. The summed E-state index contributed by atoms with van der Waals surface area (Å²) < 4.78 is 2.21. The van der Waals surface area contributed by atoms with Crippen LogP contribution in [0.1, 0.15) is 32.1 Å². The summed E-state index contributed by atoms with van der Waals surface area (Å²) in [4.78, 5) is 24.6. The zero-order valence-electron chi connectivity index (χ0n) is 17.9. The Morgan fingerprint density at radius 2 is 1.65 bits per heavy atom. The number of hydrogen-bond donors (Lipinski definition) is 1. The highest BCUT2D eigenvalue weighted by Gasteiger charge is 2.15. The third-order valence-electron chi connectivity index (χ3n) is 6.24. The van der Waals surface area contributed by atoms with E-state index in [0.717, 1.165) is 59.2 Å². The van der Waals surface area contributed by atoms with Crippen LogP contribution < -0.4 is 5.32 Å². The molecule has 1 fully saturated rings. The molecule has 0 radical (unpaired) electrons. The van der Waals surface area contributed by atoms with Gasteiger partial charge >= 0.3 is 0 Å². The van der Waals surface area contributed by atoms with E-state index in [1.165, 1.54) is 32.4 Å². The molecule has 6 heteroatoms. The van der Waals surface area contributed by atoms with Gasteiger partial charge in [-0.25, -0.2) is 9.97 Å². The van der Waals surface area contributed by atoms with Crippen LogP contribution in [-0.2, 0) is 11.3 Å². The minimum absolute atomic E-state index is 0.134. The van der Waals surface area contributed by atoms with Gasteiger partial charge < -0.3 is 14.8 Å². The highest BCUT2D eigenvalue weighted by atomic mass is 16.1. The predicted octanol–water partition coefficient (Wildman–Crippen LogP) is 4.12. The Kier molecular flexibility index (Phi) is 5.80. The molecule has 0 saturated carbocycles. The molecule has 160 valence electrons. The Hall–Kier alpha value is -2.99. The number of fused-ring (bicyclic) bond motifs is 4. The number of carbonyl (C=O) groups excluding carboxylic acids is 1. The molecule has 0 spiro atoms. The molecule has 1 aliphatic heterocycles. The summed E-state index contributed by atoms with van der Waals surface area (Å²) in [7, 11) is 0. The van der Waals surface area contributed by atoms with E-state index >= 15 is 0 Å². The molecule has 5 rings (SSSR count). The maximum Gasteiger partial charge on any atom is 0.220 e. The summed E-state index contributed by atoms with van der Waals surface area (Å²) in [5, 5.41) is 4.20. The van der Waals surface area contributed by atoms with Crippen LogP contribution in [0.3, 0.4) is 0 Å². The fourth-order valence-corrected chi connectivity index (χ4v) is 4.63. The lowest BCUT2D eigenvalue weighted by Gasteiger charge is -2.26. The molecule has 6 nitrogen and oxygen atoms in total. The molecule has 0 aliphatic carbocycles. The van der Waals surface area contributed by atoms with E-state index in [2.05, 4.69) is 26.9 Å². The van der Waals surface area contributed by atoms with Gasteiger partial charge in [0, 0.05) is 31.4 Å². The second-order valence-corrected chi connectivity index (χ2v) is 8.41. The fourth-order valence-electron chi connectivity index (χ4n) is 4.63. The average molecular weight is 416 g/mol. The first kappa shape index (κ1) is 19.9. The third kappa shape index (κ3) is 4.26. The maximum absolute atomic E-state index is 12.3. The van der Waals surface area contributed by atoms with Crippen molar-refractivity contribution in [3.63, 3.8) is 0 Å². The molecule has 2 aromatic carbocycles. The van der Waals surface area contributed by atoms with Crippen molar-refractivity contribution in [3.05, 3.63) is 48.5 Å². The van der Waals surface area contributed by atoms with E-state index in [4.69, 9.17) is 9.97 Å². The number of likely N-dealkylation sites (tertiary alicyclic amines) is 1. The number of rotatable bonds is 7. The number of para-hydroxylation sites is 3. The van der Waals surface area contributed by atoms with Crippen LogP contribution in [0.4, 0.5) is 0 Å². The van der Waals surface area contributed by atoms with Crippen molar-refractivity contribution in [2.24, 2.45) is 0 Å². The van der Waals surface area contributed by atoms with Crippen molar-refractivity contribution in [1.82, 2.24) is 24.8 Å². The first-order valence-electron chi connectivity index (χ1n) is 11.4. The number of nitrogens with zero attached hydrogens (tertiary/aromatic N) is 4. The number of amides is 1. The number of benzene rings is 2. The summed E-state index contributed by atoms with van der Waals surface area (Å²) in [6, 6.07) is 16.3. The van der Waals surface area contributed by atoms with Crippen molar-refractivity contribution in [1.29, 1.82) is 0 Å². The summed E-state index contributed by atoms with van der Waals surface area (Å²) >= 11 is 0. The lowest BCUT2D eigenvalue weighted by Crippen LogP contribution is -2.37. The predicted molar refractivity (Wildman–Crippen MR) is 125 cm³/mol. The number of carbonyl (C=O) groups is 1. The van der Waals surface area contributed by atoms with Gasteiger partial charge in [0.15, 0.2) is 5.65 Å². The fraction of sp³-hybridized carbons (Fsp3) is 0.400. The Morgan fingerprint density at radius 1 is 0.903 bits per heavy atom. The van der Waals surface area contributed by atoms with Crippen molar-refractivity contribution < 1.29 is 4.79 Å². The van der Waals surface area contributed by atoms with Gasteiger partial charge in [0.1, 0.15) is 5.52 Å². The van der Waals surface area contributed by atoms with Gasteiger partial charge in [-0.1, -0.05) is 36.8 Å². The highest BCUT2D eigenvalue weighted by molar-refractivity contribution is 6.06. The van der Waals surface area contributed by atoms with E-state index in [9.17, 15) is 4.79 Å². The molecule has 31 heavy (non-hydrogen) atoms. The van der Waals surface area contributed by atoms with Gasteiger partial charge in [-0.3, -0.25) is 4.79 Å². The molecule has 0 bridgehead atoms. The lowest BCUT2D eigenvalue weighted by molar-refractivity contribution is -0.121. The summed E-state index contributed by atoms with van der Waals surface area (Å²) in [5.41, 5.74) is 4.75. The van der Waals surface area contributed by atoms with Gasteiger partial charge in [0.05, 0.1) is 16.6 Å². The molecule has 2 aromatic heterocycles. The molecule has 3 heterocycles. The first-order valence-corrected chi connectivity index (χ1v) is 11.4. The quantitative estimate of drug-likeness (QED) is 0.493. The summed E-state index contributed by atoms with van der Waals surface area (Å²) in [6.07, 6.45) is 5.20. The molecule has 0 unspecified atom stereocenters. The highest BCUT2D eigenvalue weighted by Crippen LogP contribution is 2.28. The molecule has 0 atom stereocenters. The van der Waals surface area contributed by atoms with Crippen molar-refractivity contribution >= 4 is 39.0 Å². The van der Waals surface area contributed by atoms with E-state index in [1.807, 2.05) is 36.4 Å². The Morgan fingerprint density at radius 3 is 2.48 bits per heavy atom. The largest absolute Gasteiger partial charge is 0.355 e. The van der Waals surface area contributed by atoms with Crippen LogP contribution in [0, 0.1) is 0 Å². The van der Waals surface area contributed by atoms with Crippen molar-refractivity contribution in [2.45, 2.75) is 38.6 Å². The lowest BCUT2D eigenvalue weighted by atomic mass is 10.1. The van der Waals surface area contributed by atoms with Crippen LogP contribution in [0.15, 0.2) is 48.5 Å². The van der Waals surface area contributed by atoms with Gasteiger partial charge in [-0.15, -0.1) is 0 Å². The van der Waals surface area contributed by atoms with E-state index in [1.54, 1.807) is 0 Å². The molecule has 1 aliphatic rings. The molecule has 1 N–H and O–H groups in total. The van der Waals surface area contributed by atoms with Gasteiger partial charge in [-0.2, -0.15) is 0 Å². The summed E-state index contributed by atoms with van der Waals surface area (Å²) in [5.74, 6) is 0.134. The maximum atomic E-state index is 12.3. The van der Waals surface area contributed by atoms with Gasteiger partial charge in [0.25, 0.3) is 0 Å².